The predicted octanol–water partition coefficient (Wildman–Crippen LogP) is 1.45. The van der Waals surface area contributed by atoms with Gasteiger partial charge in [-0.05, 0) is 25.7 Å². The number of rotatable bonds is 3. The van der Waals surface area contributed by atoms with Crippen molar-refractivity contribution in [2.75, 3.05) is 6.54 Å². The summed E-state index contributed by atoms with van der Waals surface area (Å²) in [6, 6.07) is 0.297. The molecule has 0 atom stereocenters. The van der Waals surface area contributed by atoms with E-state index in [0.29, 0.717) is 18.9 Å². The zero-order chi connectivity index (χ0) is 12.5. The van der Waals surface area contributed by atoms with E-state index in [1.54, 1.807) is 0 Å². The van der Waals surface area contributed by atoms with E-state index in [9.17, 15) is 9.59 Å². The summed E-state index contributed by atoms with van der Waals surface area (Å²) in [6.07, 6.45) is 5.84. The molecule has 2 rings (SSSR count). The molecule has 17 heavy (non-hydrogen) atoms. The van der Waals surface area contributed by atoms with Crippen LogP contribution in [0.2, 0.25) is 0 Å². The molecule has 1 N–H and O–H groups in total. The van der Waals surface area contributed by atoms with Gasteiger partial charge in [0.15, 0.2) is 0 Å². The van der Waals surface area contributed by atoms with Gasteiger partial charge in [-0.2, -0.15) is 0 Å². The summed E-state index contributed by atoms with van der Waals surface area (Å²) in [5, 5.41) is 2.90. The van der Waals surface area contributed by atoms with Gasteiger partial charge in [-0.15, -0.1) is 0 Å². The first-order chi connectivity index (χ1) is 8.13. The van der Waals surface area contributed by atoms with E-state index < -0.39 is 5.54 Å². The average molecular weight is 238 g/mol. The standard InChI is InChI=1S/C13H22N2O2/c1-3-13(4-2)12(17)15(9-11(16)14-13)10-7-5-6-8-10/h10H,3-9H2,1-2H3,(H,14,16). The largest absolute Gasteiger partial charge is 0.340 e. The van der Waals surface area contributed by atoms with Crippen molar-refractivity contribution in [1.29, 1.82) is 0 Å². The molecular formula is C13H22N2O2. The van der Waals surface area contributed by atoms with Crippen molar-refractivity contribution < 1.29 is 9.59 Å². The van der Waals surface area contributed by atoms with Crippen molar-refractivity contribution in [2.45, 2.75) is 64.0 Å². The maximum Gasteiger partial charge on any atom is 0.249 e. The monoisotopic (exact) mass is 238 g/mol. The Labute approximate surface area is 103 Å². The summed E-state index contributed by atoms with van der Waals surface area (Å²) in [5.41, 5.74) is -0.641. The Morgan fingerprint density at radius 1 is 1.24 bits per heavy atom. The Bertz CT molecular complexity index is 317. The van der Waals surface area contributed by atoms with E-state index >= 15 is 0 Å². The molecule has 96 valence electrons. The third kappa shape index (κ3) is 2.05. The highest BCUT2D eigenvalue weighted by Gasteiger charge is 2.46. The molecule has 0 radical (unpaired) electrons. The zero-order valence-electron chi connectivity index (χ0n) is 10.8. The Balaban J connectivity index is 2.21. The minimum absolute atomic E-state index is 0.000185. The number of carbonyl (C=O) groups is 2. The summed E-state index contributed by atoms with van der Waals surface area (Å²) in [5.74, 6) is 0.134. The molecule has 1 aliphatic heterocycles. The van der Waals surface area contributed by atoms with Crippen LogP contribution in [0.3, 0.4) is 0 Å². The van der Waals surface area contributed by atoms with Crippen LogP contribution in [-0.4, -0.2) is 34.8 Å². The molecule has 4 nitrogen and oxygen atoms in total. The molecule has 2 fully saturated rings. The first-order valence-electron chi connectivity index (χ1n) is 6.75. The molecule has 1 aliphatic carbocycles. The summed E-state index contributed by atoms with van der Waals surface area (Å²) in [7, 11) is 0. The SMILES string of the molecule is CCC1(CC)NC(=O)CN(C2CCCC2)C1=O. The molecule has 2 aliphatic rings. The number of carbonyl (C=O) groups excluding carboxylic acids is 2. The van der Waals surface area contributed by atoms with Gasteiger partial charge in [0.25, 0.3) is 0 Å². The molecule has 0 unspecified atom stereocenters. The molecule has 0 spiro atoms. The van der Waals surface area contributed by atoms with E-state index in [2.05, 4.69) is 5.32 Å². The predicted molar refractivity (Wildman–Crippen MR) is 65.4 cm³/mol. The van der Waals surface area contributed by atoms with Crippen molar-refractivity contribution in [3.05, 3.63) is 0 Å². The van der Waals surface area contributed by atoms with Gasteiger partial charge in [0.2, 0.25) is 11.8 Å². The third-order valence-corrected chi connectivity index (χ3v) is 4.34. The molecule has 0 bridgehead atoms. The van der Waals surface area contributed by atoms with E-state index in [1.165, 1.54) is 12.8 Å². The molecule has 1 saturated carbocycles. The Morgan fingerprint density at radius 3 is 2.35 bits per heavy atom. The van der Waals surface area contributed by atoms with E-state index in [1.807, 2.05) is 18.7 Å². The molecule has 0 aromatic heterocycles. The van der Waals surface area contributed by atoms with Crippen molar-refractivity contribution in [1.82, 2.24) is 10.2 Å². The smallest absolute Gasteiger partial charge is 0.249 e. The molecule has 4 heteroatoms. The van der Waals surface area contributed by atoms with E-state index in [4.69, 9.17) is 0 Å². The van der Waals surface area contributed by atoms with Gasteiger partial charge in [0.1, 0.15) is 5.54 Å². The normalized spacial score (nSPS) is 25.2. The topological polar surface area (TPSA) is 49.4 Å². The first kappa shape index (κ1) is 12.4. The van der Waals surface area contributed by atoms with Crippen LogP contribution in [-0.2, 0) is 9.59 Å². The van der Waals surface area contributed by atoms with Crippen molar-refractivity contribution in [3.8, 4) is 0 Å². The second-order valence-corrected chi connectivity index (χ2v) is 5.21. The molecule has 0 aromatic rings. The molecular weight excluding hydrogens is 216 g/mol. The van der Waals surface area contributed by atoms with Gasteiger partial charge in [-0.25, -0.2) is 0 Å². The lowest BCUT2D eigenvalue weighted by atomic mass is 9.88. The summed E-state index contributed by atoms with van der Waals surface area (Å²) >= 11 is 0. The highest BCUT2D eigenvalue weighted by atomic mass is 16.2. The highest BCUT2D eigenvalue weighted by molar-refractivity contribution is 5.98. The fraction of sp³-hybridized carbons (Fsp3) is 0.846. The van der Waals surface area contributed by atoms with Crippen LogP contribution >= 0.6 is 0 Å². The molecule has 1 saturated heterocycles. The van der Waals surface area contributed by atoms with E-state index in [-0.39, 0.29) is 18.4 Å². The number of nitrogens with zero attached hydrogens (tertiary/aromatic N) is 1. The fourth-order valence-electron chi connectivity index (χ4n) is 3.10. The second kappa shape index (κ2) is 4.67. The summed E-state index contributed by atoms with van der Waals surface area (Å²) in [6.45, 7) is 4.20. The molecule has 0 aromatic carbocycles. The van der Waals surface area contributed by atoms with Crippen molar-refractivity contribution in [2.24, 2.45) is 0 Å². The van der Waals surface area contributed by atoms with Crippen LogP contribution in [0.15, 0.2) is 0 Å². The highest BCUT2D eigenvalue weighted by Crippen LogP contribution is 2.29. The summed E-state index contributed by atoms with van der Waals surface area (Å²) < 4.78 is 0. The number of hydrogen-bond donors (Lipinski definition) is 1. The number of nitrogens with one attached hydrogen (secondary N) is 1. The van der Waals surface area contributed by atoms with Crippen LogP contribution in [0.4, 0.5) is 0 Å². The van der Waals surface area contributed by atoms with Crippen LogP contribution in [0.5, 0.6) is 0 Å². The fourth-order valence-corrected chi connectivity index (χ4v) is 3.10. The maximum absolute atomic E-state index is 12.6. The van der Waals surface area contributed by atoms with Crippen molar-refractivity contribution >= 4 is 11.8 Å². The Kier molecular flexibility index (Phi) is 3.40. The van der Waals surface area contributed by atoms with Crippen LogP contribution in [0, 0.1) is 0 Å². The van der Waals surface area contributed by atoms with Gasteiger partial charge >= 0.3 is 0 Å². The number of hydrogen-bond acceptors (Lipinski definition) is 2. The Hall–Kier alpha value is -1.06. The van der Waals surface area contributed by atoms with Crippen molar-refractivity contribution in [3.63, 3.8) is 0 Å². The lowest BCUT2D eigenvalue weighted by Crippen LogP contribution is -2.67. The lowest BCUT2D eigenvalue weighted by molar-refractivity contribution is -0.152. The quantitative estimate of drug-likeness (QED) is 0.809. The van der Waals surface area contributed by atoms with Crippen LogP contribution < -0.4 is 5.32 Å². The van der Waals surface area contributed by atoms with Crippen LogP contribution in [0.1, 0.15) is 52.4 Å². The molecule has 2 amide bonds. The summed E-state index contributed by atoms with van der Waals surface area (Å²) in [4.78, 5) is 26.2. The van der Waals surface area contributed by atoms with Gasteiger partial charge < -0.3 is 10.2 Å². The minimum atomic E-state index is -0.641. The van der Waals surface area contributed by atoms with Gasteiger partial charge in [0.05, 0.1) is 6.54 Å². The molecule has 1 heterocycles. The average Bonchev–Trinajstić information content (AvgIpc) is 2.85. The third-order valence-electron chi connectivity index (χ3n) is 4.34. The first-order valence-corrected chi connectivity index (χ1v) is 6.75. The Morgan fingerprint density at radius 2 is 1.82 bits per heavy atom. The number of amides is 2. The lowest BCUT2D eigenvalue weighted by Gasteiger charge is -2.43. The zero-order valence-corrected chi connectivity index (χ0v) is 10.8. The van der Waals surface area contributed by atoms with Crippen LogP contribution in [0.25, 0.3) is 0 Å². The van der Waals surface area contributed by atoms with Gasteiger partial charge in [0, 0.05) is 6.04 Å². The minimum Gasteiger partial charge on any atom is -0.340 e. The maximum atomic E-state index is 12.6. The van der Waals surface area contributed by atoms with E-state index in [0.717, 1.165) is 12.8 Å². The number of piperazine rings is 1. The second-order valence-electron chi connectivity index (χ2n) is 5.21. The van der Waals surface area contributed by atoms with Gasteiger partial charge in [-0.3, -0.25) is 9.59 Å². The van der Waals surface area contributed by atoms with Gasteiger partial charge in [-0.1, -0.05) is 26.7 Å².